The van der Waals surface area contributed by atoms with Crippen LogP contribution in [0.3, 0.4) is 0 Å². The SMILES string of the molecule is CN1CCN(c2cc(C(F)(F)F)ccc2Br)CC1. The molecule has 0 radical (unpaired) electrons. The highest BCUT2D eigenvalue weighted by atomic mass is 79.9. The molecule has 18 heavy (non-hydrogen) atoms. The molecule has 0 bridgehead atoms. The predicted octanol–water partition coefficient (Wildman–Crippen LogP) is 3.22. The third kappa shape index (κ3) is 2.98. The van der Waals surface area contributed by atoms with E-state index < -0.39 is 11.7 Å². The molecule has 1 aliphatic heterocycles. The number of likely N-dealkylation sites (N-methyl/N-ethyl adjacent to an activating group) is 1. The van der Waals surface area contributed by atoms with Gasteiger partial charge in [0.25, 0.3) is 0 Å². The lowest BCUT2D eigenvalue weighted by molar-refractivity contribution is -0.137. The maximum Gasteiger partial charge on any atom is 0.416 e. The molecule has 1 aromatic rings. The lowest BCUT2D eigenvalue weighted by Gasteiger charge is -2.34. The zero-order valence-corrected chi connectivity index (χ0v) is 11.6. The number of nitrogens with zero attached hydrogens (tertiary/aromatic N) is 2. The van der Waals surface area contributed by atoms with Crippen molar-refractivity contribution in [2.24, 2.45) is 0 Å². The lowest BCUT2D eigenvalue weighted by atomic mass is 10.1. The Labute approximate surface area is 112 Å². The predicted molar refractivity (Wildman–Crippen MR) is 68.9 cm³/mol. The molecule has 0 unspecified atom stereocenters. The number of piperazine rings is 1. The summed E-state index contributed by atoms with van der Waals surface area (Å²) >= 11 is 3.33. The second-order valence-electron chi connectivity index (χ2n) is 4.45. The zero-order chi connectivity index (χ0) is 13.3. The Hall–Kier alpha value is -0.750. The van der Waals surface area contributed by atoms with Crippen molar-refractivity contribution in [1.29, 1.82) is 0 Å². The molecule has 0 amide bonds. The number of benzene rings is 1. The van der Waals surface area contributed by atoms with Gasteiger partial charge in [-0.3, -0.25) is 0 Å². The quantitative estimate of drug-likeness (QED) is 0.783. The second kappa shape index (κ2) is 5.09. The van der Waals surface area contributed by atoms with Gasteiger partial charge in [0.15, 0.2) is 0 Å². The first-order valence-electron chi connectivity index (χ1n) is 5.68. The topological polar surface area (TPSA) is 6.48 Å². The maximum absolute atomic E-state index is 12.7. The van der Waals surface area contributed by atoms with E-state index in [1.807, 2.05) is 11.9 Å². The molecule has 0 aromatic heterocycles. The molecule has 2 rings (SSSR count). The van der Waals surface area contributed by atoms with Gasteiger partial charge in [-0.1, -0.05) is 0 Å². The highest BCUT2D eigenvalue weighted by Gasteiger charge is 2.31. The molecule has 0 N–H and O–H groups in total. The molecule has 6 heteroatoms. The summed E-state index contributed by atoms with van der Waals surface area (Å²) in [5.41, 5.74) is 0.0255. The van der Waals surface area contributed by atoms with E-state index in [9.17, 15) is 13.2 Å². The fraction of sp³-hybridized carbons (Fsp3) is 0.500. The number of rotatable bonds is 1. The molecular weight excluding hydrogens is 309 g/mol. The molecule has 1 aliphatic rings. The molecule has 2 nitrogen and oxygen atoms in total. The van der Waals surface area contributed by atoms with Crippen LogP contribution in [0, 0.1) is 0 Å². The Kier molecular flexibility index (Phi) is 3.87. The van der Waals surface area contributed by atoms with Crippen LogP contribution < -0.4 is 4.90 Å². The van der Waals surface area contributed by atoms with Gasteiger partial charge in [-0.15, -0.1) is 0 Å². The number of alkyl halides is 3. The Balaban J connectivity index is 2.27. The van der Waals surface area contributed by atoms with Gasteiger partial charge in [-0.05, 0) is 41.2 Å². The normalized spacial score (nSPS) is 18.2. The second-order valence-corrected chi connectivity index (χ2v) is 5.31. The number of hydrogen-bond donors (Lipinski definition) is 0. The highest BCUT2D eigenvalue weighted by Crippen LogP contribution is 2.35. The van der Waals surface area contributed by atoms with Crippen LogP contribution in [0.5, 0.6) is 0 Å². The van der Waals surface area contributed by atoms with Crippen LogP contribution in [0.1, 0.15) is 5.56 Å². The standard InChI is InChI=1S/C12H14BrF3N2/c1-17-4-6-18(7-5-17)11-8-9(12(14,15)16)2-3-10(11)13/h2-3,8H,4-7H2,1H3. The van der Waals surface area contributed by atoms with E-state index in [-0.39, 0.29) is 0 Å². The summed E-state index contributed by atoms with van der Waals surface area (Å²) in [6, 6.07) is 3.79. The van der Waals surface area contributed by atoms with E-state index >= 15 is 0 Å². The Morgan fingerprint density at radius 1 is 1.11 bits per heavy atom. The van der Waals surface area contributed by atoms with Gasteiger partial charge in [0.2, 0.25) is 0 Å². The minimum atomic E-state index is -4.29. The number of halogens is 4. The lowest BCUT2D eigenvalue weighted by Crippen LogP contribution is -2.44. The number of anilines is 1. The molecule has 1 heterocycles. The van der Waals surface area contributed by atoms with E-state index in [4.69, 9.17) is 0 Å². The fourth-order valence-electron chi connectivity index (χ4n) is 1.98. The number of hydrogen-bond acceptors (Lipinski definition) is 2. The molecule has 0 spiro atoms. The van der Waals surface area contributed by atoms with Crippen LogP contribution in [0.15, 0.2) is 22.7 Å². The van der Waals surface area contributed by atoms with E-state index in [1.165, 1.54) is 12.1 Å². The first-order valence-corrected chi connectivity index (χ1v) is 6.47. The summed E-state index contributed by atoms with van der Waals surface area (Å²) in [6.07, 6.45) is -4.29. The van der Waals surface area contributed by atoms with Crippen molar-refractivity contribution in [3.8, 4) is 0 Å². The van der Waals surface area contributed by atoms with Gasteiger partial charge in [0.05, 0.1) is 11.3 Å². The van der Waals surface area contributed by atoms with Crippen molar-refractivity contribution in [2.75, 3.05) is 38.1 Å². The van der Waals surface area contributed by atoms with E-state index in [1.54, 1.807) is 0 Å². The van der Waals surface area contributed by atoms with E-state index in [0.29, 0.717) is 10.2 Å². The van der Waals surface area contributed by atoms with Gasteiger partial charge in [-0.25, -0.2) is 0 Å². The molecule has 0 aliphatic carbocycles. The molecule has 100 valence electrons. The zero-order valence-electron chi connectivity index (χ0n) is 9.97. The minimum Gasteiger partial charge on any atom is -0.368 e. The van der Waals surface area contributed by atoms with Gasteiger partial charge in [0, 0.05) is 30.7 Å². The summed E-state index contributed by atoms with van der Waals surface area (Å²) in [5.74, 6) is 0. The molecule has 1 aromatic carbocycles. The summed E-state index contributed by atoms with van der Waals surface area (Å²) in [7, 11) is 2.01. The Bertz CT molecular complexity index is 426. The van der Waals surface area contributed by atoms with Crippen LogP contribution in [-0.2, 0) is 6.18 Å². The van der Waals surface area contributed by atoms with Crippen molar-refractivity contribution in [3.05, 3.63) is 28.2 Å². The molecular formula is C12H14BrF3N2. The first kappa shape index (κ1) is 13.7. The summed E-state index contributed by atoms with van der Waals surface area (Å²) in [4.78, 5) is 4.15. The van der Waals surface area contributed by atoms with Gasteiger partial charge < -0.3 is 9.80 Å². The van der Waals surface area contributed by atoms with Crippen LogP contribution in [-0.4, -0.2) is 38.1 Å². The fourth-order valence-corrected chi connectivity index (χ4v) is 2.48. The summed E-state index contributed by atoms with van der Waals surface area (Å²) < 4.78 is 38.8. The van der Waals surface area contributed by atoms with Crippen LogP contribution in [0.4, 0.5) is 18.9 Å². The third-order valence-electron chi connectivity index (χ3n) is 3.12. The van der Waals surface area contributed by atoms with Crippen LogP contribution in [0.2, 0.25) is 0 Å². The smallest absolute Gasteiger partial charge is 0.368 e. The molecule has 1 fully saturated rings. The van der Waals surface area contributed by atoms with Crippen molar-refractivity contribution in [1.82, 2.24) is 4.90 Å². The average Bonchev–Trinajstić information content (AvgIpc) is 2.29. The Morgan fingerprint density at radius 3 is 2.28 bits per heavy atom. The van der Waals surface area contributed by atoms with Crippen molar-refractivity contribution >= 4 is 21.6 Å². The molecule has 0 saturated carbocycles. The largest absolute Gasteiger partial charge is 0.416 e. The monoisotopic (exact) mass is 322 g/mol. The van der Waals surface area contributed by atoms with Crippen LogP contribution >= 0.6 is 15.9 Å². The maximum atomic E-state index is 12.7. The molecule has 0 atom stereocenters. The van der Waals surface area contributed by atoms with E-state index in [2.05, 4.69) is 20.8 Å². The average molecular weight is 323 g/mol. The van der Waals surface area contributed by atoms with Crippen molar-refractivity contribution in [2.45, 2.75) is 6.18 Å². The summed E-state index contributed by atoms with van der Waals surface area (Å²) in [6.45, 7) is 3.22. The first-order chi connectivity index (χ1) is 8.38. The molecule has 1 saturated heterocycles. The third-order valence-corrected chi connectivity index (χ3v) is 3.79. The van der Waals surface area contributed by atoms with Crippen LogP contribution in [0.25, 0.3) is 0 Å². The minimum absolute atomic E-state index is 0.598. The van der Waals surface area contributed by atoms with Crippen molar-refractivity contribution in [3.63, 3.8) is 0 Å². The van der Waals surface area contributed by atoms with Gasteiger partial charge in [-0.2, -0.15) is 13.2 Å². The summed E-state index contributed by atoms with van der Waals surface area (Å²) in [5, 5.41) is 0. The van der Waals surface area contributed by atoms with Gasteiger partial charge in [0.1, 0.15) is 0 Å². The van der Waals surface area contributed by atoms with E-state index in [0.717, 1.165) is 32.2 Å². The van der Waals surface area contributed by atoms with Gasteiger partial charge >= 0.3 is 6.18 Å². The highest BCUT2D eigenvalue weighted by molar-refractivity contribution is 9.10. The Morgan fingerprint density at radius 2 is 1.72 bits per heavy atom. The van der Waals surface area contributed by atoms with Crippen molar-refractivity contribution < 1.29 is 13.2 Å².